The van der Waals surface area contributed by atoms with E-state index in [0.717, 1.165) is 10.4 Å². The average molecular weight is 340 g/mol. The zero-order chi connectivity index (χ0) is 17.1. The number of anilines is 1. The van der Waals surface area contributed by atoms with Crippen LogP contribution in [0.1, 0.15) is 32.8 Å². The van der Waals surface area contributed by atoms with E-state index in [9.17, 15) is 9.59 Å². The standard InChI is InChI=1S/C17H16N4O2S/c1-3-18-16(22)12-8-15(20-13-7-5-4-6-11(12)13)21-17(23)14-9-24-10(2)19-14/h4-9H,3H2,1-2H3,(H,18,22)(H,20,21,23). The van der Waals surface area contributed by atoms with Crippen molar-refractivity contribution in [3.8, 4) is 0 Å². The van der Waals surface area contributed by atoms with Gasteiger partial charge in [-0.05, 0) is 26.0 Å². The Bertz CT molecular complexity index is 920. The Morgan fingerprint density at radius 2 is 1.96 bits per heavy atom. The van der Waals surface area contributed by atoms with Crippen LogP contribution in [0, 0.1) is 6.92 Å². The summed E-state index contributed by atoms with van der Waals surface area (Å²) in [5, 5.41) is 8.74. The van der Waals surface area contributed by atoms with Crippen molar-refractivity contribution in [2.24, 2.45) is 0 Å². The Hall–Kier alpha value is -2.80. The minimum Gasteiger partial charge on any atom is -0.352 e. The maximum Gasteiger partial charge on any atom is 0.276 e. The first kappa shape index (κ1) is 16.1. The summed E-state index contributed by atoms with van der Waals surface area (Å²) in [5.41, 5.74) is 1.46. The van der Waals surface area contributed by atoms with E-state index < -0.39 is 0 Å². The van der Waals surface area contributed by atoms with Gasteiger partial charge >= 0.3 is 0 Å². The van der Waals surface area contributed by atoms with Crippen LogP contribution in [0.2, 0.25) is 0 Å². The molecule has 0 aliphatic heterocycles. The molecule has 0 aliphatic rings. The van der Waals surface area contributed by atoms with Crippen LogP contribution in [-0.2, 0) is 0 Å². The third kappa shape index (κ3) is 3.26. The molecule has 0 saturated heterocycles. The van der Waals surface area contributed by atoms with E-state index in [4.69, 9.17) is 0 Å². The molecule has 2 N–H and O–H groups in total. The maximum absolute atomic E-state index is 12.3. The fraction of sp³-hybridized carbons (Fsp3) is 0.176. The highest BCUT2D eigenvalue weighted by Gasteiger charge is 2.15. The number of thiazole rings is 1. The van der Waals surface area contributed by atoms with Gasteiger partial charge in [0.15, 0.2) is 0 Å². The molecule has 0 aliphatic carbocycles. The summed E-state index contributed by atoms with van der Waals surface area (Å²) in [4.78, 5) is 33.1. The van der Waals surface area contributed by atoms with Crippen molar-refractivity contribution in [3.05, 3.63) is 52.0 Å². The third-order valence-corrected chi connectivity index (χ3v) is 4.16. The molecule has 2 amide bonds. The lowest BCUT2D eigenvalue weighted by molar-refractivity contribution is 0.0955. The number of hydrogen-bond acceptors (Lipinski definition) is 5. The predicted octanol–water partition coefficient (Wildman–Crippen LogP) is 3.00. The molecule has 0 radical (unpaired) electrons. The summed E-state index contributed by atoms with van der Waals surface area (Å²) in [6.07, 6.45) is 0. The van der Waals surface area contributed by atoms with E-state index in [1.165, 1.54) is 11.3 Å². The van der Waals surface area contributed by atoms with Crippen molar-refractivity contribution in [2.75, 3.05) is 11.9 Å². The molecule has 6 nitrogen and oxygen atoms in total. The minimum atomic E-state index is -0.344. The normalized spacial score (nSPS) is 10.6. The zero-order valence-electron chi connectivity index (χ0n) is 13.3. The fourth-order valence-corrected chi connectivity index (χ4v) is 2.92. The molecule has 122 valence electrons. The second-order valence-corrected chi connectivity index (χ2v) is 6.20. The summed E-state index contributed by atoms with van der Waals surface area (Å²) in [6.45, 7) is 4.22. The van der Waals surface area contributed by atoms with E-state index >= 15 is 0 Å². The molecule has 24 heavy (non-hydrogen) atoms. The van der Waals surface area contributed by atoms with Gasteiger partial charge in [-0.3, -0.25) is 9.59 Å². The number of hydrogen-bond donors (Lipinski definition) is 2. The Kier molecular flexibility index (Phi) is 4.52. The summed E-state index contributed by atoms with van der Waals surface area (Å²) >= 11 is 1.40. The van der Waals surface area contributed by atoms with Gasteiger partial charge < -0.3 is 10.6 Å². The second-order valence-electron chi connectivity index (χ2n) is 5.14. The number of aromatic nitrogens is 2. The molecule has 2 heterocycles. The number of fused-ring (bicyclic) bond motifs is 1. The number of para-hydroxylation sites is 1. The maximum atomic E-state index is 12.3. The minimum absolute atomic E-state index is 0.198. The number of benzene rings is 1. The Labute approximate surface area is 142 Å². The quantitative estimate of drug-likeness (QED) is 0.765. The molecular weight excluding hydrogens is 324 g/mol. The van der Waals surface area contributed by atoms with Crippen molar-refractivity contribution >= 4 is 39.9 Å². The number of rotatable bonds is 4. The number of carbonyl (C=O) groups is 2. The lowest BCUT2D eigenvalue weighted by Crippen LogP contribution is -2.23. The van der Waals surface area contributed by atoms with E-state index in [1.54, 1.807) is 17.5 Å². The molecule has 0 unspecified atom stereocenters. The van der Waals surface area contributed by atoms with Crippen LogP contribution in [0.3, 0.4) is 0 Å². The van der Waals surface area contributed by atoms with Gasteiger partial charge in [-0.1, -0.05) is 18.2 Å². The van der Waals surface area contributed by atoms with Gasteiger partial charge in [0.05, 0.1) is 16.1 Å². The Balaban J connectivity index is 1.99. The van der Waals surface area contributed by atoms with Crippen LogP contribution in [0.5, 0.6) is 0 Å². The van der Waals surface area contributed by atoms with Gasteiger partial charge in [0.2, 0.25) is 0 Å². The van der Waals surface area contributed by atoms with Crippen molar-refractivity contribution in [1.29, 1.82) is 0 Å². The number of aryl methyl sites for hydroxylation is 1. The zero-order valence-corrected chi connectivity index (χ0v) is 14.1. The molecule has 0 fully saturated rings. The van der Waals surface area contributed by atoms with Crippen LogP contribution >= 0.6 is 11.3 Å². The van der Waals surface area contributed by atoms with E-state index in [0.29, 0.717) is 29.1 Å². The fourth-order valence-electron chi connectivity index (χ4n) is 2.33. The molecule has 0 atom stereocenters. The highest BCUT2D eigenvalue weighted by atomic mass is 32.1. The number of nitrogens with one attached hydrogen (secondary N) is 2. The van der Waals surface area contributed by atoms with Gasteiger partial charge in [-0.25, -0.2) is 9.97 Å². The second kappa shape index (κ2) is 6.76. The first-order valence-corrected chi connectivity index (χ1v) is 8.38. The number of amides is 2. The summed E-state index contributed by atoms with van der Waals surface area (Å²) < 4.78 is 0. The lowest BCUT2D eigenvalue weighted by atomic mass is 10.1. The van der Waals surface area contributed by atoms with Crippen molar-refractivity contribution in [2.45, 2.75) is 13.8 Å². The molecule has 0 bridgehead atoms. The van der Waals surface area contributed by atoms with Crippen LogP contribution in [0.25, 0.3) is 10.9 Å². The molecule has 0 spiro atoms. The van der Waals surface area contributed by atoms with Crippen LogP contribution in [0.4, 0.5) is 5.82 Å². The topological polar surface area (TPSA) is 84.0 Å². The third-order valence-electron chi connectivity index (χ3n) is 3.39. The van der Waals surface area contributed by atoms with Gasteiger partial charge in [0.1, 0.15) is 11.5 Å². The van der Waals surface area contributed by atoms with Crippen molar-refractivity contribution in [3.63, 3.8) is 0 Å². The van der Waals surface area contributed by atoms with Crippen LogP contribution in [-0.4, -0.2) is 28.3 Å². The molecule has 0 saturated carbocycles. The van der Waals surface area contributed by atoms with Gasteiger partial charge in [0.25, 0.3) is 11.8 Å². The first-order chi connectivity index (χ1) is 11.6. The lowest BCUT2D eigenvalue weighted by Gasteiger charge is -2.10. The largest absolute Gasteiger partial charge is 0.352 e. The van der Waals surface area contributed by atoms with Crippen molar-refractivity contribution in [1.82, 2.24) is 15.3 Å². The molecular formula is C17H16N4O2S. The highest BCUT2D eigenvalue weighted by molar-refractivity contribution is 7.09. The molecule has 3 rings (SSSR count). The smallest absolute Gasteiger partial charge is 0.276 e. The van der Waals surface area contributed by atoms with Gasteiger partial charge in [-0.2, -0.15) is 0 Å². The number of nitrogens with zero attached hydrogens (tertiary/aromatic N) is 2. The molecule has 1 aromatic carbocycles. The average Bonchev–Trinajstić information content (AvgIpc) is 3.01. The summed E-state index contributed by atoms with van der Waals surface area (Å²) in [7, 11) is 0. The van der Waals surface area contributed by atoms with E-state index in [-0.39, 0.29) is 11.8 Å². The van der Waals surface area contributed by atoms with Crippen molar-refractivity contribution < 1.29 is 9.59 Å². The monoisotopic (exact) mass is 340 g/mol. The molecule has 7 heteroatoms. The van der Waals surface area contributed by atoms with Gasteiger partial charge in [0, 0.05) is 17.3 Å². The highest BCUT2D eigenvalue weighted by Crippen LogP contribution is 2.21. The van der Waals surface area contributed by atoms with E-state index in [1.807, 2.05) is 32.0 Å². The molecule has 3 aromatic rings. The van der Waals surface area contributed by atoms with E-state index in [2.05, 4.69) is 20.6 Å². The van der Waals surface area contributed by atoms with Gasteiger partial charge in [-0.15, -0.1) is 11.3 Å². The molecule has 2 aromatic heterocycles. The predicted molar refractivity (Wildman–Crippen MR) is 94.6 cm³/mol. The summed E-state index contributed by atoms with van der Waals surface area (Å²) in [6, 6.07) is 8.92. The first-order valence-electron chi connectivity index (χ1n) is 7.50. The number of pyridine rings is 1. The Morgan fingerprint density at radius 1 is 1.17 bits per heavy atom. The summed E-state index contributed by atoms with van der Waals surface area (Å²) in [5.74, 6) is -0.217. The van der Waals surface area contributed by atoms with Crippen LogP contribution < -0.4 is 10.6 Å². The number of carbonyl (C=O) groups excluding carboxylic acids is 2. The SMILES string of the molecule is CCNC(=O)c1cc(NC(=O)c2csc(C)n2)nc2ccccc12. The van der Waals surface area contributed by atoms with Crippen LogP contribution in [0.15, 0.2) is 35.7 Å². The Morgan fingerprint density at radius 3 is 2.67 bits per heavy atom.